The van der Waals surface area contributed by atoms with Gasteiger partial charge in [-0.05, 0) is 30.9 Å². The molecule has 0 aliphatic heterocycles. The molecule has 0 atom stereocenters. The van der Waals surface area contributed by atoms with E-state index in [-0.39, 0.29) is 5.96 Å². The third kappa shape index (κ3) is 4.25. The average Bonchev–Trinajstić information content (AvgIpc) is 2.20. The molecule has 0 bridgehead atoms. The van der Waals surface area contributed by atoms with Crippen LogP contribution in [0.3, 0.4) is 0 Å². The first-order valence-corrected chi connectivity index (χ1v) is 5.09. The molecular weight excluding hydrogens is 212 g/mol. The van der Waals surface area contributed by atoms with Gasteiger partial charge in [-0.15, -0.1) is 0 Å². The lowest BCUT2D eigenvalue weighted by Crippen LogP contribution is -2.22. The molecule has 0 fully saturated rings. The lowest BCUT2D eigenvalue weighted by Gasteiger charge is -2.02. The monoisotopic (exact) mass is 227 g/mol. The lowest BCUT2D eigenvalue weighted by molar-refractivity contribution is 0.567. The number of rotatable bonds is 5. The van der Waals surface area contributed by atoms with Crippen molar-refractivity contribution in [1.29, 1.82) is 0 Å². The molecule has 1 aromatic rings. The molecule has 16 heavy (non-hydrogen) atoms. The summed E-state index contributed by atoms with van der Waals surface area (Å²) < 4.78 is 25.8. The molecular formula is C11H15F2N3. The van der Waals surface area contributed by atoms with Crippen LogP contribution >= 0.6 is 0 Å². The van der Waals surface area contributed by atoms with Gasteiger partial charge < -0.3 is 11.5 Å². The summed E-state index contributed by atoms with van der Waals surface area (Å²) in [6, 6.07) is 3.62. The van der Waals surface area contributed by atoms with Crippen LogP contribution in [0.25, 0.3) is 0 Å². The molecule has 88 valence electrons. The van der Waals surface area contributed by atoms with Crippen LogP contribution in [0.4, 0.5) is 8.78 Å². The maximum Gasteiger partial charge on any atom is 0.185 e. The Morgan fingerprint density at radius 1 is 1.19 bits per heavy atom. The molecule has 1 aromatic carbocycles. The fourth-order valence-electron chi connectivity index (χ4n) is 1.36. The molecule has 0 aromatic heterocycles. The maximum absolute atomic E-state index is 13.2. The van der Waals surface area contributed by atoms with Gasteiger partial charge in [0.25, 0.3) is 0 Å². The van der Waals surface area contributed by atoms with Crippen LogP contribution in [0.2, 0.25) is 0 Å². The van der Waals surface area contributed by atoms with E-state index in [1.54, 1.807) is 0 Å². The Labute approximate surface area is 93.2 Å². The maximum atomic E-state index is 13.2. The molecule has 0 spiro atoms. The highest BCUT2D eigenvalue weighted by Gasteiger charge is 2.02. The fourth-order valence-corrected chi connectivity index (χ4v) is 1.36. The Balaban J connectivity index is 2.35. The summed E-state index contributed by atoms with van der Waals surface area (Å²) in [6.07, 6.45) is 2.10. The first-order valence-electron chi connectivity index (χ1n) is 5.09. The largest absolute Gasteiger partial charge is 0.370 e. The Morgan fingerprint density at radius 3 is 2.56 bits per heavy atom. The first-order chi connectivity index (χ1) is 7.59. The molecule has 4 N–H and O–H groups in total. The smallest absolute Gasteiger partial charge is 0.185 e. The number of aliphatic imine (C=N–C) groups is 1. The summed E-state index contributed by atoms with van der Waals surface area (Å²) in [6.45, 7) is 0.533. The summed E-state index contributed by atoms with van der Waals surface area (Å²) in [5, 5.41) is 0. The lowest BCUT2D eigenvalue weighted by atomic mass is 10.1. The second-order valence-corrected chi connectivity index (χ2v) is 3.50. The van der Waals surface area contributed by atoms with E-state index in [4.69, 9.17) is 11.5 Å². The van der Waals surface area contributed by atoms with Gasteiger partial charge in [-0.3, -0.25) is 4.99 Å². The van der Waals surface area contributed by atoms with Crippen LogP contribution in [-0.2, 0) is 6.42 Å². The summed E-state index contributed by atoms with van der Waals surface area (Å²) in [7, 11) is 0. The number of unbranched alkanes of at least 4 members (excludes halogenated alkanes) is 1. The molecule has 0 radical (unpaired) electrons. The van der Waals surface area contributed by atoms with E-state index in [1.165, 1.54) is 12.1 Å². The number of aryl methyl sites for hydroxylation is 1. The summed E-state index contributed by atoms with van der Waals surface area (Å²) in [5.41, 5.74) is 10.8. The average molecular weight is 227 g/mol. The van der Waals surface area contributed by atoms with Crippen LogP contribution in [-0.4, -0.2) is 12.5 Å². The second kappa shape index (κ2) is 6.05. The molecule has 0 unspecified atom stereocenters. The highest BCUT2D eigenvalue weighted by Crippen LogP contribution is 2.12. The Kier molecular flexibility index (Phi) is 4.69. The molecule has 1 rings (SSSR count). The number of guanidine groups is 1. The summed E-state index contributed by atoms with van der Waals surface area (Å²) >= 11 is 0. The van der Waals surface area contributed by atoms with Gasteiger partial charge in [-0.1, -0.05) is 6.07 Å². The van der Waals surface area contributed by atoms with Crippen molar-refractivity contribution >= 4 is 5.96 Å². The normalized spacial score (nSPS) is 10.1. The zero-order chi connectivity index (χ0) is 12.0. The van der Waals surface area contributed by atoms with E-state index in [9.17, 15) is 8.78 Å². The molecule has 0 heterocycles. The number of nitrogens with zero attached hydrogens (tertiary/aromatic N) is 1. The van der Waals surface area contributed by atoms with Gasteiger partial charge in [0, 0.05) is 12.6 Å². The van der Waals surface area contributed by atoms with Crippen LogP contribution in [0, 0.1) is 11.6 Å². The standard InChI is InChI=1S/C11H15F2N3/c12-9-5-4-8(10(13)7-9)3-1-2-6-16-11(14)15/h4-5,7H,1-3,6H2,(H4,14,15,16). The number of nitrogens with two attached hydrogens (primary N) is 2. The molecule has 5 heteroatoms. The van der Waals surface area contributed by atoms with Crippen molar-refractivity contribution in [2.75, 3.05) is 6.54 Å². The van der Waals surface area contributed by atoms with E-state index in [0.29, 0.717) is 18.5 Å². The zero-order valence-corrected chi connectivity index (χ0v) is 8.92. The van der Waals surface area contributed by atoms with Gasteiger partial charge in [0.2, 0.25) is 0 Å². The van der Waals surface area contributed by atoms with Crippen molar-refractivity contribution in [1.82, 2.24) is 0 Å². The molecule has 0 amide bonds. The topological polar surface area (TPSA) is 64.4 Å². The molecule has 3 nitrogen and oxygen atoms in total. The SMILES string of the molecule is NC(N)=NCCCCc1ccc(F)cc1F. The van der Waals surface area contributed by atoms with Gasteiger partial charge in [0.05, 0.1) is 0 Å². The number of benzene rings is 1. The summed E-state index contributed by atoms with van der Waals surface area (Å²) in [5.74, 6) is -0.989. The number of hydrogen-bond acceptors (Lipinski definition) is 1. The predicted octanol–water partition coefficient (Wildman–Crippen LogP) is 1.56. The van der Waals surface area contributed by atoms with Gasteiger partial charge in [0.1, 0.15) is 11.6 Å². The van der Waals surface area contributed by atoms with Gasteiger partial charge >= 0.3 is 0 Å². The van der Waals surface area contributed by atoms with E-state index < -0.39 is 11.6 Å². The van der Waals surface area contributed by atoms with Crippen LogP contribution < -0.4 is 11.5 Å². The van der Waals surface area contributed by atoms with Crippen molar-refractivity contribution in [2.24, 2.45) is 16.5 Å². The predicted molar refractivity (Wildman–Crippen MR) is 60.0 cm³/mol. The molecule has 0 saturated carbocycles. The fraction of sp³-hybridized carbons (Fsp3) is 0.364. The van der Waals surface area contributed by atoms with Crippen molar-refractivity contribution < 1.29 is 8.78 Å². The Hall–Kier alpha value is -1.65. The van der Waals surface area contributed by atoms with Crippen LogP contribution in [0.5, 0.6) is 0 Å². The van der Waals surface area contributed by atoms with Crippen molar-refractivity contribution in [2.45, 2.75) is 19.3 Å². The minimum Gasteiger partial charge on any atom is -0.370 e. The third-order valence-corrected chi connectivity index (χ3v) is 2.16. The number of halogens is 2. The number of hydrogen-bond donors (Lipinski definition) is 2. The van der Waals surface area contributed by atoms with Gasteiger partial charge in [-0.25, -0.2) is 8.78 Å². The van der Waals surface area contributed by atoms with Crippen LogP contribution in [0.15, 0.2) is 23.2 Å². The molecule has 0 saturated heterocycles. The quantitative estimate of drug-likeness (QED) is 0.455. The van der Waals surface area contributed by atoms with Gasteiger partial charge in [0.15, 0.2) is 5.96 Å². The van der Waals surface area contributed by atoms with Crippen molar-refractivity contribution in [3.8, 4) is 0 Å². The Bertz CT molecular complexity index is 373. The molecule has 0 aliphatic rings. The van der Waals surface area contributed by atoms with Crippen molar-refractivity contribution in [3.05, 3.63) is 35.4 Å². The summed E-state index contributed by atoms with van der Waals surface area (Å²) in [4.78, 5) is 3.81. The van der Waals surface area contributed by atoms with Gasteiger partial charge in [-0.2, -0.15) is 0 Å². The highest BCUT2D eigenvalue weighted by molar-refractivity contribution is 5.75. The second-order valence-electron chi connectivity index (χ2n) is 3.50. The van der Waals surface area contributed by atoms with Crippen LogP contribution in [0.1, 0.15) is 18.4 Å². The minimum atomic E-state index is -0.554. The van der Waals surface area contributed by atoms with E-state index in [1.807, 2.05) is 0 Å². The highest BCUT2D eigenvalue weighted by atomic mass is 19.1. The molecule has 0 aliphatic carbocycles. The Morgan fingerprint density at radius 2 is 1.94 bits per heavy atom. The zero-order valence-electron chi connectivity index (χ0n) is 8.92. The van der Waals surface area contributed by atoms with E-state index >= 15 is 0 Å². The minimum absolute atomic E-state index is 0.0629. The third-order valence-electron chi connectivity index (χ3n) is 2.16. The van der Waals surface area contributed by atoms with Crippen molar-refractivity contribution in [3.63, 3.8) is 0 Å². The first kappa shape index (κ1) is 12.4. The van der Waals surface area contributed by atoms with E-state index in [0.717, 1.165) is 18.9 Å². The van der Waals surface area contributed by atoms with E-state index in [2.05, 4.69) is 4.99 Å².